The molecule has 0 N–H and O–H groups in total. The van der Waals surface area contributed by atoms with E-state index in [1.165, 1.54) is 11.1 Å². The molecule has 0 aliphatic rings. The molecule has 0 aromatic rings. The first-order valence-corrected chi connectivity index (χ1v) is 6.52. The van der Waals surface area contributed by atoms with Crippen LogP contribution in [0, 0.1) is 0 Å². The molecule has 0 aliphatic heterocycles. The summed E-state index contributed by atoms with van der Waals surface area (Å²) in [5.74, 6) is 0. The first kappa shape index (κ1) is 15.9. The lowest BCUT2D eigenvalue weighted by Gasteiger charge is -2.03. The van der Waals surface area contributed by atoms with Crippen LogP contribution in [0.2, 0.25) is 0 Å². The van der Waals surface area contributed by atoms with Crippen molar-refractivity contribution in [1.82, 2.24) is 0 Å². The second-order valence-electron chi connectivity index (χ2n) is 4.72. The Kier molecular flexibility index (Phi) is 9.41. The zero-order valence-electron chi connectivity index (χ0n) is 11.8. The van der Waals surface area contributed by atoms with Crippen LogP contribution in [-0.2, 0) is 4.79 Å². The van der Waals surface area contributed by atoms with Crippen LogP contribution in [0.15, 0.2) is 34.9 Å². The molecule has 17 heavy (non-hydrogen) atoms. The van der Waals surface area contributed by atoms with Crippen LogP contribution >= 0.6 is 0 Å². The molecule has 0 aromatic heterocycles. The lowest BCUT2D eigenvalue weighted by atomic mass is 10.0. The molecule has 0 atom stereocenters. The van der Waals surface area contributed by atoms with Gasteiger partial charge in [0.1, 0.15) is 6.29 Å². The maximum absolute atomic E-state index is 10.3. The van der Waals surface area contributed by atoms with E-state index in [9.17, 15) is 4.79 Å². The molecule has 1 heteroatoms. The summed E-state index contributed by atoms with van der Waals surface area (Å²) in [5, 5.41) is 0. The Balaban J connectivity index is 4.05. The van der Waals surface area contributed by atoms with Crippen molar-refractivity contribution >= 4 is 6.29 Å². The number of carbonyl (C=O) groups excluding carboxylic acids is 1. The van der Waals surface area contributed by atoms with Gasteiger partial charge in [-0.3, -0.25) is 4.79 Å². The minimum absolute atomic E-state index is 0.870. The Labute approximate surface area is 106 Å². The maximum Gasteiger partial charge on any atom is 0.142 e. The highest BCUT2D eigenvalue weighted by atomic mass is 16.1. The summed E-state index contributed by atoms with van der Waals surface area (Å²) < 4.78 is 0. The van der Waals surface area contributed by atoms with Crippen molar-refractivity contribution < 1.29 is 4.79 Å². The second-order valence-corrected chi connectivity index (χ2v) is 4.72. The summed E-state index contributed by atoms with van der Waals surface area (Å²) >= 11 is 0. The van der Waals surface area contributed by atoms with Crippen LogP contribution in [0.4, 0.5) is 0 Å². The summed E-state index contributed by atoms with van der Waals surface area (Å²) in [6, 6.07) is 0. The predicted molar refractivity (Wildman–Crippen MR) is 76.1 cm³/mol. The number of hydrogen-bond donors (Lipinski definition) is 0. The molecule has 0 aromatic carbocycles. The third-order valence-electron chi connectivity index (χ3n) is 2.80. The number of allylic oxidation sites excluding steroid dienone is 6. The summed E-state index contributed by atoms with van der Waals surface area (Å²) in [4.78, 5) is 10.3. The van der Waals surface area contributed by atoms with Crippen LogP contribution in [0.1, 0.15) is 59.8 Å². The fourth-order valence-electron chi connectivity index (χ4n) is 1.67. The molecule has 0 bridgehead atoms. The van der Waals surface area contributed by atoms with E-state index < -0.39 is 0 Å². The minimum atomic E-state index is 0.870. The van der Waals surface area contributed by atoms with E-state index in [-0.39, 0.29) is 0 Å². The van der Waals surface area contributed by atoms with Crippen LogP contribution in [0.25, 0.3) is 0 Å². The van der Waals surface area contributed by atoms with Crippen LogP contribution < -0.4 is 0 Å². The van der Waals surface area contributed by atoms with E-state index in [0.717, 1.165) is 44.0 Å². The largest absolute Gasteiger partial charge is 0.299 e. The van der Waals surface area contributed by atoms with E-state index >= 15 is 0 Å². The molecule has 96 valence electrons. The monoisotopic (exact) mass is 234 g/mol. The smallest absolute Gasteiger partial charge is 0.142 e. The molecule has 0 fully saturated rings. The van der Waals surface area contributed by atoms with Gasteiger partial charge in [-0.1, -0.05) is 35.8 Å². The molecule has 0 radical (unpaired) electrons. The average Bonchev–Trinajstić information content (AvgIpc) is 2.27. The van der Waals surface area contributed by atoms with Crippen LogP contribution in [0.3, 0.4) is 0 Å². The average molecular weight is 234 g/mol. The fourth-order valence-corrected chi connectivity index (χ4v) is 1.67. The molecule has 0 amide bonds. The molecular formula is C16H26O. The molecule has 0 heterocycles. The minimum Gasteiger partial charge on any atom is -0.299 e. The van der Waals surface area contributed by atoms with Crippen molar-refractivity contribution in [2.24, 2.45) is 0 Å². The molecule has 0 saturated carbocycles. The third kappa shape index (κ3) is 9.80. The van der Waals surface area contributed by atoms with E-state index in [1.54, 1.807) is 6.08 Å². The maximum atomic E-state index is 10.3. The number of aldehydes is 1. The predicted octanol–water partition coefficient (Wildman–Crippen LogP) is 4.99. The first-order chi connectivity index (χ1) is 8.10. The molecular weight excluding hydrogens is 208 g/mol. The lowest BCUT2D eigenvalue weighted by Crippen LogP contribution is -1.84. The van der Waals surface area contributed by atoms with Crippen molar-refractivity contribution in [2.75, 3.05) is 0 Å². The Morgan fingerprint density at radius 1 is 1.00 bits per heavy atom. The molecule has 0 saturated heterocycles. The molecule has 1 nitrogen and oxygen atoms in total. The molecule has 0 rings (SSSR count). The normalized spacial score (nSPS) is 12.5. The van der Waals surface area contributed by atoms with Gasteiger partial charge in [-0.05, 0) is 59.0 Å². The first-order valence-electron chi connectivity index (χ1n) is 6.52. The quantitative estimate of drug-likeness (QED) is 0.328. The molecule has 0 spiro atoms. The zero-order valence-corrected chi connectivity index (χ0v) is 11.8. The topological polar surface area (TPSA) is 17.1 Å². The highest BCUT2D eigenvalue weighted by Gasteiger charge is 1.94. The summed E-state index contributed by atoms with van der Waals surface area (Å²) in [5.41, 5.74) is 4.09. The number of carbonyl (C=O) groups is 1. The van der Waals surface area contributed by atoms with Gasteiger partial charge in [0.15, 0.2) is 0 Å². The van der Waals surface area contributed by atoms with Gasteiger partial charge < -0.3 is 0 Å². The van der Waals surface area contributed by atoms with E-state index in [0.29, 0.717) is 0 Å². The Bertz CT molecular complexity index is 301. The van der Waals surface area contributed by atoms with E-state index in [2.05, 4.69) is 32.9 Å². The fraction of sp³-hybridized carbons (Fsp3) is 0.562. The van der Waals surface area contributed by atoms with Gasteiger partial charge >= 0.3 is 0 Å². The lowest BCUT2D eigenvalue weighted by molar-refractivity contribution is -0.104. The van der Waals surface area contributed by atoms with Crippen molar-refractivity contribution in [3.8, 4) is 0 Å². The molecule has 0 unspecified atom stereocenters. The number of rotatable bonds is 8. The summed E-state index contributed by atoms with van der Waals surface area (Å²) in [7, 11) is 0. The molecule has 0 aliphatic carbocycles. The Morgan fingerprint density at radius 3 is 2.18 bits per heavy atom. The van der Waals surface area contributed by atoms with Gasteiger partial charge in [-0.2, -0.15) is 0 Å². The third-order valence-corrected chi connectivity index (χ3v) is 2.80. The van der Waals surface area contributed by atoms with Crippen LogP contribution in [-0.4, -0.2) is 6.29 Å². The highest BCUT2D eigenvalue weighted by molar-refractivity contribution is 5.65. The van der Waals surface area contributed by atoms with Crippen molar-refractivity contribution in [1.29, 1.82) is 0 Å². The Hall–Kier alpha value is -1.11. The summed E-state index contributed by atoms with van der Waals surface area (Å²) in [6.45, 7) is 8.51. The standard InChI is InChI=1S/C16H26O/c1-5-16(10-6-8-14(2)3)11-7-9-15(4)12-13-17/h8,11-13H,5-7,9-10H2,1-4H3/b15-12-,16-11?. The Morgan fingerprint density at radius 2 is 1.65 bits per heavy atom. The number of hydrogen-bond acceptors (Lipinski definition) is 1. The highest BCUT2D eigenvalue weighted by Crippen LogP contribution is 2.14. The van der Waals surface area contributed by atoms with Crippen molar-refractivity contribution in [3.05, 3.63) is 34.9 Å². The van der Waals surface area contributed by atoms with Gasteiger partial charge in [-0.15, -0.1) is 0 Å². The van der Waals surface area contributed by atoms with E-state index in [4.69, 9.17) is 0 Å². The summed E-state index contributed by atoms with van der Waals surface area (Å²) in [6.07, 6.45) is 12.6. The second kappa shape index (κ2) is 10.1. The van der Waals surface area contributed by atoms with Crippen molar-refractivity contribution in [3.63, 3.8) is 0 Å². The van der Waals surface area contributed by atoms with Gasteiger partial charge in [-0.25, -0.2) is 0 Å². The van der Waals surface area contributed by atoms with Crippen molar-refractivity contribution in [2.45, 2.75) is 59.8 Å². The van der Waals surface area contributed by atoms with Gasteiger partial charge in [0.2, 0.25) is 0 Å². The van der Waals surface area contributed by atoms with E-state index in [1.807, 2.05) is 6.92 Å². The SMILES string of the molecule is CCC(=CCC/C(C)=C\C=O)CCC=C(C)C. The zero-order chi connectivity index (χ0) is 13.1. The van der Waals surface area contributed by atoms with Crippen LogP contribution in [0.5, 0.6) is 0 Å². The van der Waals surface area contributed by atoms with Gasteiger partial charge in [0.25, 0.3) is 0 Å². The van der Waals surface area contributed by atoms with Gasteiger partial charge in [0.05, 0.1) is 0 Å². The van der Waals surface area contributed by atoms with Gasteiger partial charge in [0, 0.05) is 0 Å².